The number of fused-ring (bicyclic) bond motifs is 1. The van der Waals surface area contributed by atoms with Crippen LogP contribution in [0.2, 0.25) is 0 Å². The van der Waals surface area contributed by atoms with Gasteiger partial charge in [-0.15, -0.1) is 11.8 Å². The van der Waals surface area contributed by atoms with Crippen LogP contribution in [-0.4, -0.2) is 18.3 Å². The SMILES string of the molecule is CCNC(C)C(C)(CC)c1ccc2c(c1)CCS2. The molecule has 2 unspecified atom stereocenters. The van der Waals surface area contributed by atoms with Crippen molar-refractivity contribution in [2.75, 3.05) is 12.3 Å². The molecule has 1 aliphatic heterocycles. The lowest BCUT2D eigenvalue weighted by atomic mass is 9.74. The van der Waals surface area contributed by atoms with E-state index >= 15 is 0 Å². The minimum atomic E-state index is 0.234. The van der Waals surface area contributed by atoms with Crippen LogP contribution < -0.4 is 5.32 Å². The third kappa shape index (κ3) is 2.46. The second-order valence-electron chi connectivity index (χ2n) is 5.47. The molecule has 0 aromatic heterocycles. The van der Waals surface area contributed by atoms with Crippen LogP contribution in [-0.2, 0) is 11.8 Å². The molecule has 0 amide bonds. The van der Waals surface area contributed by atoms with Crippen molar-refractivity contribution >= 4 is 11.8 Å². The summed E-state index contributed by atoms with van der Waals surface area (Å²) in [6.45, 7) is 10.2. The summed E-state index contributed by atoms with van der Waals surface area (Å²) in [5.41, 5.74) is 3.29. The van der Waals surface area contributed by atoms with Crippen molar-refractivity contribution in [2.24, 2.45) is 0 Å². The first kappa shape index (κ1) is 14.0. The maximum Gasteiger partial charge on any atom is 0.0133 e. The molecule has 2 atom stereocenters. The number of hydrogen-bond donors (Lipinski definition) is 1. The van der Waals surface area contributed by atoms with Crippen molar-refractivity contribution in [3.63, 3.8) is 0 Å². The van der Waals surface area contributed by atoms with Crippen molar-refractivity contribution in [1.29, 1.82) is 0 Å². The van der Waals surface area contributed by atoms with Crippen molar-refractivity contribution < 1.29 is 0 Å². The second-order valence-corrected chi connectivity index (χ2v) is 6.61. The average Bonchev–Trinajstić information content (AvgIpc) is 2.85. The molecule has 0 saturated carbocycles. The van der Waals surface area contributed by atoms with E-state index in [0.29, 0.717) is 6.04 Å². The Labute approximate surface area is 116 Å². The Morgan fingerprint density at radius 3 is 2.83 bits per heavy atom. The van der Waals surface area contributed by atoms with Crippen LogP contribution in [0.5, 0.6) is 0 Å². The van der Waals surface area contributed by atoms with Gasteiger partial charge >= 0.3 is 0 Å². The van der Waals surface area contributed by atoms with E-state index in [1.54, 1.807) is 5.56 Å². The van der Waals surface area contributed by atoms with Crippen LogP contribution in [0.4, 0.5) is 0 Å². The molecule has 18 heavy (non-hydrogen) atoms. The second kappa shape index (κ2) is 5.66. The smallest absolute Gasteiger partial charge is 0.0133 e. The topological polar surface area (TPSA) is 12.0 Å². The Balaban J connectivity index is 2.32. The fourth-order valence-corrected chi connectivity index (χ4v) is 3.89. The van der Waals surface area contributed by atoms with E-state index in [1.165, 1.54) is 29.1 Å². The van der Waals surface area contributed by atoms with Crippen LogP contribution in [0.15, 0.2) is 23.1 Å². The third-order valence-electron chi connectivity index (χ3n) is 4.55. The zero-order valence-corrected chi connectivity index (χ0v) is 12.9. The van der Waals surface area contributed by atoms with E-state index in [0.717, 1.165) is 6.54 Å². The fourth-order valence-electron chi connectivity index (χ4n) is 2.83. The lowest BCUT2D eigenvalue weighted by Gasteiger charge is -2.36. The molecule has 0 fully saturated rings. The molecule has 100 valence electrons. The molecule has 1 N–H and O–H groups in total. The first-order valence-corrected chi connectivity index (χ1v) is 8.10. The Bertz CT molecular complexity index is 416. The molecule has 2 heteroatoms. The van der Waals surface area contributed by atoms with Gasteiger partial charge in [0, 0.05) is 22.1 Å². The number of hydrogen-bond acceptors (Lipinski definition) is 2. The highest BCUT2D eigenvalue weighted by molar-refractivity contribution is 7.99. The summed E-state index contributed by atoms with van der Waals surface area (Å²) in [4.78, 5) is 1.49. The third-order valence-corrected chi connectivity index (χ3v) is 5.67. The van der Waals surface area contributed by atoms with Crippen LogP contribution in [0.1, 0.15) is 45.2 Å². The lowest BCUT2D eigenvalue weighted by Crippen LogP contribution is -2.44. The number of rotatable bonds is 5. The van der Waals surface area contributed by atoms with Crippen LogP contribution in [0, 0.1) is 0 Å². The van der Waals surface area contributed by atoms with Crippen molar-refractivity contribution in [3.8, 4) is 0 Å². The first-order chi connectivity index (χ1) is 8.61. The molecule has 0 saturated heterocycles. The number of aryl methyl sites for hydroxylation is 1. The Hall–Kier alpha value is -0.470. The fraction of sp³-hybridized carbons (Fsp3) is 0.625. The summed E-state index contributed by atoms with van der Waals surface area (Å²) in [5.74, 6) is 1.25. The largest absolute Gasteiger partial charge is 0.314 e. The van der Waals surface area contributed by atoms with Gasteiger partial charge in [-0.1, -0.05) is 32.9 Å². The number of likely N-dealkylation sites (N-methyl/N-ethyl adjacent to an activating group) is 1. The summed E-state index contributed by atoms with van der Waals surface area (Å²) in [7, 11) is 0. The van der Waals surface area contributed by atoms with E-state index in [1.807, 2.05) is 11.8 Å². The van der Waals surface area contributed by atoms with E-state index in [-0.39, 0.29) is 5.41 Å². The molecule has 0 bridgehead atoms. The number of thioether (sulfide) groups is 1. The molecule has 1 aromatic rings. The minimum Gasteiger partial charge on any atom is -0.314 e. The summed E-state index contributed by atoms with van der Waals surface area (Å²) < 4.78 is 0. The summed E-state index contributed by atoms with van der Waals surface area (Å²) in [6.07, 6.45) is 2.41. The monoisotopic (exact) mass is 263 g/mol. The van der Waals surface area contributed by atoms with Gasteiger partial charge in [0.1, 0.15) is 0 Å². The van der Waals surface area contributed by atoms with E-state index in [2.05, 4.69) is 51.2 Å². The summed E-state index contributed by atoms with van der Waals surface area (Å²) >= 11 is 2.00. The van der Waals surface area contributed by atoms with Gasteiger partial charge in [0.15, 0.2) is 0 Å². The highest BCUT2D eigenvalue weighted by Crippen LogP contribution is 2.37. The lowest BCUT2D eigenvalue weighted by molar-refractivity contribution is 0.328. The molecule has 0 spiro atoms. The van der Waals surface area contributed by atoms with E-state index in [4.69, 9.17) is 0 Å². The molecule has 1 aromatic carbocycles. The Morgan fingerprint density at radius 1 is 1.39 bits per heavy atom. The van der Waals surface area contributed by atoms with Gasteiger partial charge in [0.05, 0.1) is 0 Å². The molecule has 1 heterocycles. The maximum absolute atomic E-state index is 3.60. The van der Waals surface area contributed by atoms with Crippen molar-refractivity contribution in [3.05, 3.63) is 29.3 Å². The minimum absolute atomic E-state index is 0.234. The summed E-state index contributed by atoms with van der Waals surface area (Å²) in [6, 6.07) is 7.63. The molecule has 1 nitrogen and oxygen atoms in total. The Morgan fingerprint density at radius 2 is 2.17 bits per heavy atom. The zero-order valence-electron chi connectivity index (χ0n) is 12.0. The molecule has 0 radical (unpaired) electrons. The normalized spacial score (nSPS) is 19.3. The Kier molecular flexibility index (Phi) is 4.39. The molecular weight excluding hydrogens is 238 g/mol. The molecule has 0 aliphatic carbocycles. The average molecular weight is 263 g/mol. The van der Waals surface area contributed by atoms with Gasteiger partial charge in [0.2, 0.25) is 0 Å². The number of benzene rings is 1. The standard InChI is InChI=1S/C16H25NS/c1-5-16(4,12(3)17-6-2)14-7-8-15-13(11-14)9-10-18-15/h7-8,11-12,17H,5-6,9-10H2,1-4H3. The number of nitrogens with one attached hydrogen (secondary N) is 1. The van der Waals surface area contributed by atoms with Crippen LogP contribution in [0.25, 0.3) is 0 Å². The zero-order chi connectivity index (χ0) is 13.2. The first-order valence-electron chi connectivity index (χ1n) is 7.11. The van der Waals surface area contributed by atoms with Gasteiger partial charge in [0.25, 0.3) is 0 Å². The van der Waals surface area contributed by atoms with E-state index in [9.17, 15) is 0 Å². The van der Waals surface area contributed by atoms with Gasteiger partial charge < -0.3 is 5.32 Å². The van der Waals surface area contributed by atoms with Crippen molar-refractivity contribution in [1.82, 2.24) is 5.32 Å². The van der Waals surface area contributed by atoms with E-state index < -0.39 is 0 Å². The quantitative estimate of drug-likeness (QED) is 0.861. The maximum atomic E-state index is 3.60. The van der Waals surface area contributed by atoms with Crippen LogP contribution in [0.3, 0.4) is 0 Å². The van der Waals surface area contributed by atoms with Crippen molar-refractivity contribution in [2.45, 2.75) is 56.9 Å². The molecular formula is C16H25NS. The predicted octanol–water partition coefficient (Wildman–Crippen LogP) is 4.00. The highest BCUT2D eigenvalue weighted by Gasteiger charge is 2.31. The summed E-state index contributed by atoms with van der Waals surface area (Å²) in [5, 5.41) is 3.60. The predicted molar refractivity (Wildman–Crippen MR) is 81.7 cm³/mol. The van der Waals surface area contributed by atoms with Gasteiger partial charge in [-0.3, -0.25) is 0 Å². The molecule has 2 rings (SSSR count). The van der Waals surface area contributed by atoms with Gasteiger partial charge in [-0.05, 0) is 43.5 Å². The molecule has 1 aliphatic rings. The van der Waals surface area contributed by atoms with Gasteiger partial charge in [-0.2, -0.15) is 0 Å². The van der Waals surface area contributed by atoms with Gasteiger partial charge in [-0.25, -0.2) is 0 Å². The van der Waals surface area contributed by atoms with Crippen LogP contribution >= 0.6 is 11.8 Å². The highest BCUT2D eigenvalue weighted by atomic mass is 32.2.